The molecule has 0 aliphatic rings. The van der Waals surface area contributed by atoms with Crippen molar-refractivity contribution in [2.45, 2.75) is 26.1 Å². The molecule has 2 rings (SSSR count). The lowest BCUT2D eigenvalue weighted by Gasteiger charge is -2.14. The monoisotopic (exact) mass is 246 g/mol. The number of pyridine rings is 1. The standard InChI is InChI=1S/C13H18N4O/c1-11(10-17-8-4-7-16-17)15-9-12-5-3-6-14-13(12)18-2/h3-8,11,15H,9-10H2,1-2H3. The predicted molar refractivity (Wildman–Crippen MR) is 69.3 cm³/mol. The summed E-state index contributed by atoms with van der Waals surface area (Å²) in [6, 6.07) is 6.18. The zero-order valence-corrected chi connectivity index (χ0v) is 10.7. The van der Waals surface area contributed by atoms with Gasteiger partial charge in [-0.25, -0.2) is 4.98 Å². The van der Waals surface area contributed by atoms with Crippen molar-refractivity contribution in [3.8, 4) is 5.88 Å². The average molecular weight is 246 g/mol. The third kappa shape index (κ3) is 3.30. The highest BCUT2D eigenvalue weighted by Crippen LogP contribution is 2.13. The van der Waals surface area contributed by atoms with Crippen LogP contribution in [0.5, 0.6) is 5.88 Å². The number of aromatic nitrogens is 3. The molecule has 0 aliphatic heterocycles. The number of rotatable bonds is 6. The molecule has 1 N–H and O–H groups in total. The first-order chi connectivity index (χ1) is 8.79. The number of hydrogen-bond donors (Lipinski definition) is 1. The lowest BCUT2D eigenvalue weighted by atomic mass is 10.2. The maximum atomic E-state index is 5.21. The van der Waals surface area contributed by atoms with Crippen molar-refractivity contribution >= 4 is 0 Å². The lowest BCUT2D eigenvalue weighted by Crippen LogP contribution is -2.30. The highest BCUT2D eigenvalue weighted by atomic mass is 16.5. The van der Waals surface area contributed by atoms with Crippen molar-refractivity contribution in [3.05, 3.63) is 42.4 Å². The summed E-state index contributed by atoms with van der Waals surface area (Å²) in [7, 11) is 1.64. The Kier molecular flexibility index (Phi) is 4.30. The molecule has 1 atom stereocenters. The van der Waals surface area contributed by atoms with Gasteiger partial charge in [-0.1, -0.05) is 6.07 Å². The van der Waals surface area contributed by atoms with E-state index in [4.69, 9.17) is 4.74 Å². The molecule has 0 radical (unpaired) electrons. The largest absolute Gasteiger partial charge is 0.481 e. The molecule has 96 valence electrons. The Morgan fingerprint density at radius 1 is 1.39 bits per heavy atom. The van der Waals surface area contributed by atoms with E-state index < -0.39 is 0 Å². The molecule has 0 bridgehead atoms. The molecule has 0 amide bonds. The van der Waals surface area contributed by atoms with Crippen LogP contribution in [0.25, 0.3) is 0 Å². The summed E-state index contributed by atoms with van der Waals surface area (Å²) in [6.07, 6.45) is 5.48. The van der Waals surface area contributed by atoms with Crippen molar-refractivity contribution in [1.29, 1.82) is 0 Å². The van der Waals surface area contributed by atoms with Crippen LogP contribution in [0.4, 0.5) is 0 Å². The van der Waals surface area contributed by atoms with E-state index in [-0.39, 0.29) is 0 Å². The summed E-state index contributed by atoms with van der Waals surface area (Å²) in [6.45, 7) is 3.71. The zero-order chi connectivity index (χ0) is 12.8. The smallest absolute Gasteiger partial charge is 0.217 e. The Balaban J connectivity index is 1.87. The molecule has 0 aromatic carbocycles. The molecule has 2 heterocycles. The van der Waals surface area contributed by atoms with E-state index >= 15 is 0 Å². The number of hydrogen-bond acceptors (Lipinski definition) is 4. The van der Waals surface area contributed by atoms with E-state index in [9.17, 15) is 0 Å². The van der Waals surface area contributed by atoms with Crippen LogP contribution in [0.3, 0.4) is 0 Å². The summed E-state index contributed by atoms with van der Waals surface area (Å²) in [5.74, 6) is 0.677. The first kappa shape index (κ1) is 12.6. The molecule has 0 fully saturated rings. The third-order valence-electron chi connectivity index (χ3n) is 2.70. The fraction of sp³-hybridized carbons (Fsp3) is 0.385. The summed E-state index contributed by atoms with van der Waals surface area (Å²) in [5.41, 5.74) is 1.06. The van der Waals surface area contributed by atoms with Gasteiger partial charge in [0.2, 0.25) is 5.88 Å². The van der Waals surface area contributed by atoms with Crippen molar-refractivity contribution in [3.63, 3.8) is 0 Å². The van der Waals surface area contributed by atoms with E-state index in [1.54, 1.807) is 19.5 Å². The molecule has 0 saturated heterocycles. The molecule has 2 aromatic heterocycles. The Morgan fingerprint density at radius 2 is 2.28 bits per heavy atom. The van der Waals surface area contributed by atoms with Crippen molar-refractivity contribution in [2.75, 3.05) is 7.11 Å². The molecule has 18 heavy (non-hydrogen) atoms. The fourth-order valence-corrected chi connectivity index (χ4v) is 1.78. The topological polar surface area (TPSA) is 52.0 Å². The second-order valence-corrected chi connectivity index (χ2v) is 4.18. The molecular weight excluding hydrogens is 228 g/mol. The van der Waals surface area contributed by atoms with Crippen LogP contribution in [-0.4, -0.2) is 27.9 Å². The number of methoxy groups -OCH3 is 1. The molecular formula is C13H18N4O. The average Bonchev–Trinajstić information content (AvgIpc) is 2.89. The predicted octanol–water partition coefficient (Wildman–Crippen LogP) is 1.46. The minimum Gasteiger partial charge on any atom is -0.481 e. The van der Waals surface area contributed by atoms with Gasteiger partial charge in [-0.3, -0.25) is 4.68 Å². The molecule has 2 aromatic rings. The van der Waals surface area contributed by atoms with Crippen molar-refractivity contribution < 1.29 is 4.74 Å². The normalized spacial score (nSPS) is 12.3. The van der Waals surface area contributed by atoms with Crippen LogP contribution in [-0.2, 0) is 13.1 Å². The van der Waals surface area contributed by atoms with E-state index in [0.29, 0.717) is 11.9 Å². The van der Waals surface area contributed by atoms with E-state index in [1.165, 1.54) is 0 Å². The van der Waals surface area contributed by atoms with Gasteiger partial charge in [0.1, 0.15) is 0 Å². The van der Waals surface area contributed by atoms with Crippen LogP contribution < -0.4 is 10.1 Å². The van der Waals surface area contributed by atoms with Crippen molar-refractivity contribution in [1.82, 2.24) is 20.1 Å². The van der Waals surface area contributed by atoms with Gasteiger partial charge in [-0.05, 0) is 19.1 Å². The Bertz CT molecular complexity index is 470. The van der Waals surface area contributed by atoms with Gasteiger partial charge in [0.05, 0.1) is 13.7 Å². The van der Waals surface area contributed by atoms with Gasteiger partial charge in [-0.2, -0.15) is 5.10 Å². The van der Waals surface area contributed by atoms with Gasteiger partial charge >= 0.3 is 0 Å². The van der Waals surface area contributed by atoms with Crippen molar-refractivity contribution in [2.24, 2.45) is 0 Å². The first-order valence-corrected chi connectivity index (χ1v) is 5.98. The molecule has 5 nitrogen and oxygen atoms in total. The number of ether oxygens (including phenoxy) is 1. The van der Waals surface area contributed by atoms with E-state index in [2.05, 4.69) is 22.3 Å². The summed E-state index contributed by atoms with van der Waals surface area (Å²) in [5, 5.41) is 7.62. The highest BCUT2D eigenvalue weighted by Gasteiger charge is 2.06. The zero-order valence-electron chi connectivity index (χ0n) is 10.7. The lowest BCUT2D eigenvalue weighted by molar-refractivity contribution is 0.385. The number of nitrogens with zero attached hydrogens (tertiary/aromatic N) is 3. The summed E-state index contributed by atoms with van der Waals surface area (Å²) < 4.78 is 7.13. The van der Waals surface area contributed by atoms with Gasteiger partial charge < -0.3 is 10.1 Å². The fourth-order valence-electron chi connectivity index (χ4n) is 1.78. The molecule has 0 saturated carbocycles. The Morgan fingerprint density at radius 3 is 3.00 bits per heavy atom. The Labute approximate surface area is 107 Å². The molecule has 5 heteroatoms. The van der Waals surface area contributed by atoms with Crippen LogP contribution in [0.1, 0.15) is 12.5 Å². The minimum absolute atomic E-state index is 0.329. The van der Waals surface area contributed by atoms with E-state index in [0.717, 1.165) is 18.7 Å². The quantitative estimate of drug-likeness (QED) is 0.838. The Hall–Kier alpha value is -1.88. The van der Waals surface area contributed by atoms with Gasteiger partial charge in [0.15, 0.2) is 0 Å². The molecule has 0 spiro atoms. The van der Waals surface area contributed by atoms with Crippen LogP contribution >= 0.6 is 0 Å². The summed E-state index contributed by atoms with van der Waals surface area (Å²) in [4.78, 5) is 4.17. The van der Waals surface area contributed by atoms with Crippen LogP contribution in [0.2, 0.25) is 0 Å². The van der Waals surface area contributed by atoms with Gasteiger partial charge in [0, 0.05) is 36.7 Å². The number of nitrogens with one attached hydrogen (secondary N) is 1. The maximum Gasteiger partial charge on any atom is 0.217 e. The SMILES string of the molecule is COc1ncccc1CNC(C)Cn1cccn1. The van der Waals surface area contributed by atoms with Gasteiger partial charge in [0.25, 0.3) is 0 Å². The molecule has 1 unspecified atom stereocenters. The third-order valence-corrected chi connectivity index (χ3v) is 2.70. The second-order valence-electron chi connectivity index (χ2n) is 4.18. The van der Waals surface area contributed by atoms with Crippen LogP contribution in [0, 0.1) is 0 Å². The summed E-state index contributed by atoms with van der Waals surface area (Å²) >= 11 is 0. The molecule has 0 aliphatic carbocycles. The van der Waals surface area contributed by atoms with Crippen LogP contribution in [0.15, 0.2) is 36.8 Å². The first-order valence-electron chi connectivity index (χ1n) is 5.98. The highest BCUT2D eigenvalue weighted by molar-refractivity contribution is 5.25. The maximum absolute atomic E-state index is 5.21. The van der Waals surface area contributed by atoms with Gasteiger partial charge in [-0.15, -0.1) is 0 Å². The van der Waals surface area contributed by atoms with E-state index in [1.807, 2.05) is 29.1 Å². The minimum atomic E-state index is 0.329. The second kappa shape index (κ2) is 6.16.